The Morgan fingerprint density at radius 2 is 1.95 bits per heavy atom. The Bertz CT molecular complexity index is 554. The number of methoxy groups -OCH3 is 1. The third-order valence-corrected chi connectivity index (χ3v) is 4.11. The van der Waals surface area contributed by atoms with Crippen molar-refractivity contribution in [3.8, 4) is 5.75 Å². The van der Waals surface area contributed by atoms with Gasteiger partial charge in [0.1, 0.15) is 5.75 Å². The van der Waals surface area contributed by atoms with Crippen LogP contribution in [0, 0.1) is 0 Å². The molecule has 0 N–H and O–H groups in total. The Morgan fingerprint density at radius 1 is 1.29 bits per heavy atom. The maximum Gasteiger partial charge on any atom is 0.242 e. The number of amides is 1. The molecule has 0 saturated carbocycles. The quantitative estimate of drug-likeness (QED) is 0.787. The number of carbonyl (C=O) groups excluding carboxylic acids is 2. The molecular formula is C16H22N2O3. The number of hydrogen-bond donors (Lipinski definition) is 0. The second-order valence-electron chi connectivity index (χ2n) is 5.83. The fraction of sp³-hybridized carbons (Fsp3) is 0.500. The van der Waals surface area contributed by atoms with Gasteiger partial charge in [0.15, 0.2) is 5.78 Å². The Labute approximate surface area is 125 Å². The minimum Gasteiger partial charge on any atom is -0.496 e. The summed E-state index contributed by atoms with van der Waals surface area (Å²) in [5.74, 6) is 0.584. The van der Waals surface area contributed by atoms with Gasteiger partial charge in [0.2, 0.25) is 5.91 Å². The molecule has 1 fully saturated rings. The molecule has 5 nitrogen and oxygen atoms in total. The predicted molar refractivity (Wildman–Crippen MR) is 80.6 cm³/mol. The molecule has 0 atom stereocenters. The third kappa shape index (κ3) is 2.93. The van der Waals surface area contributed by atoms with Gasteiger partial charge >= 0.3 is 0 Å². The van der Waals surface area contributed by atoms with Crippen LogP contribution in [0.15, 0.2) is 24.3 Å². The van der Waals surface area contributed by atoms with Gasteiger partial charge in [-0.1, -0.05) is 12.1 Å². The summed E-state index contributed by atoms with van der Waals surface area (Å²) in [7, 11) is 3.35. The van der Waals surface area contributed by atoms with Crippen molar-refractivity contribution in [3.63, 3.8) is 0 Å². The molecule has 1 aliphatic rings. The number of piperazine rings is 1. The lowest BCUT2D eigenvalue weighted by Gasteiger charge is -2.44. The summed E-state index contributed by atoms with van der Waals surface area (Å²) in [6.45, 7) is 5.27. The van der Waals surface area contributed by atoms with E-state index in [0.717, 1.165) is 0 Å². The number of nitrogens with zero attached hydrogens (tertiary/aromatic N) is 2. The van der Waals surface area contributed by atoms with Crippen molar-refractivity contribution in [3.05, 3.63) is 29.8 Å². The molecule has 114 valence electrons. The largest absolute Gasteiger partial charge is 0.496 e. The summed E-state index contributed by atoms with van der Waals surface area (Å²) in [5.41, 5.74) is -0.104. The molecule has 0 bridgehead atoms. The average molecular weight is 290 g/mol. The van der Waals surface area contributed by atoms with Gasteiger partial charge in [-0.05, 0) is 26.0 Å². The molecule has 2 rings (SSSR count). The van der Waals surface area contributed by atoms with Crippen LogP contribution in [0.5, 0.6) is 5.75 Å². The van der Waals surface area contributed by atoms with E-state index in [1.165, 1.54) is 0 Å². The lowest BCUT2D eigenvalue weighted by molar-refractivity contribution is -0.146. The molecule has 1 heterocycles. The van der Waals surface area contributed by atoms with Gasteiger partial charge in [0, 0.05) is 20.1 Å². The van der Waals surface area contributed by atoms with Crippen LogP contribution in [0.1, 0.15) is 24.2 Å². The standard InChI is InChI=1S/C16H22N2O3/c1-16(2)15(20)17(3)9-10-18(16)11-13(19)12-7-5-6-8-14(12)21-4/h5-8H,9-11H2,1-4H3. The second kappa shape index (κ2) is 5.85. The summed E-state index contributed by atoms with van der Waals surface area (Å²) in [6, 6.07) is 7.18. The van der Waals surface area contributed by atoms with Gasteiger partial charge in [-0.3, -0.25) is 14.5 Å². The highest BCUT2D eigenvalue weighted by Crippen LogP contribution is 2.24. The van der Waals surface area contributed by atoms with E-state index in [4.69, 9.17) is 4.74 Å². The van der Waals surface area contributed by atoms with Gasteiger partial charge in [-0.15, -0.1) is 0 Å². The topological polar surface area (TPSA) is 49.9 Å². The number of ketones is 1. The van der Waals surface area contributed by atoms with E-state index >= 15 is 0 Å². The van der Waals surface area contributed by atoms with Gasteiger partial charge < -0.3 is 9.64 Å². The predicted octanol–water partition coefficient (Wildman–Crippen LogP) is 1.43. The van der Waals surface area contributed by atoms with Crippen molar-refractivity contribution in [1.82, 2.24) is 9.80 Å². The van der Waals surface area contributed by atoms with Crippen LogP contribution in [0.25, 0.3) is 0 Å². The summed E-state index contributed by atoms with van der Waals surface area (Å²) in [4.78, 5) is 28.4. The number of rotatable bonds is 4. The lowest BCUT2D eigenvalue weighted by Crippen LogP contribution is -2.62. The number of Topliss-reactive ketones (excluding diaryl/α,β-unsaturated/α-hetero) is 1. The highest BCUT2D eigenvalue weighted by Gasteiger charge is 2.41. The minimum absolute atomic E-state index is 0.0297. The Balaban J connectivity index is 2.18. The number of carbonyl (C=O) groups is 2. The van der Waals surface area contributed by atoms with E-state index in [2.05, 4.69) is 0 Å². The molecule has 0 aliphatic carbocycles. The van der Waals surface area contributed by atoms with Gasteiger partial charge in [0.25, 0.3) is 0 Å². The zero-order chi connectivity index (χ0) is 15.6. The smallest absolute Gasteiger partial charge is 0.242 e. The number of hydrogen-bond acceptors (Lipinski definition) is 4. The minimum atomic E-state index is -0.662. The van der Waals surface area contributed by atoms with Crippen molar-refractivity contribution in [2.24, 2.45) is 0 Å². The van der Waals surface area contributed by atoms with E-state index in [0.29, 0.717) is 24.4 Å². The molecule has 1 amide bonds. The molecule has 5 heteroatoms. The molecule has 1 aromatic rings. The monoisotopic (exact) mass is 290 g/mol. The van der Waals surface area contributed by atoms with E-state index in [1.807, 2.05) is 30.9 Å². The first-order chi connectivity index (χ1) is 9.87. The number of likely N-dealkylation sites (N-methyl/N-ethyl adjacent to an activating group) is 1. The first kappa shape index (κ1) is 15.5. The number of ether oxygens (including phenoxy) is 1. The maximum atomic E-state index is 12.5. The van der Waals surface area contributed by atoms with Crippen molar-refractivity contribution < 1.29 is 14.3 Å². The van der Waals surface area contributed by atoms with Crippen molar-refractivity contribution in [1.29, 1.82) is 0 Å². The average Bonchev–Trinajstić information content (AvgIpc) is 2.48. The summed E-state index contributed by atoms with van der Waals surface area (Å²) >= 11 is 0. The van der Waals surface area contributed by atoms with Gasteiger partial charge in [0.05, 0.1) is 24.8 Å². The molecule has 0 aromatic heterocycles. The highest BCUT2D eigenvalue weighted by atomic mass is 16.5. The molecule has 1 aromatic carbocycles. The van der Waals surface area contributed by atoms with Crippen LogP contribution < -0.4 is 4.74 Å². The van der Waals surface area contributed by atoms with Crippen LogP contribution in [-0.2, 0) is 4.79 Å². The van der Waals surface area contributed by atoms with Crippen molar-refractivity contribution >= 4 is 11.7 Å². The zero-order valence-electron chi connectivity index (χ0n) is 13.0. The second-order valence-corrected chi connectivity index (χ2v) is 5.83. The van der Waals surface area contributed by atoms with Crippen molar-refractivity contribution in [2.45, 2.75) is 19.4 Å². The Hall–Kier alpha value is -1.88. The summed E-state index contributed by atoms with van der Waals surface area (Å²) in [6.07, 6.45) is 0. The SMILES string of the molecule is COc1ccccc1C(=O)CN1CCN(C)C(=O)C1(C)C. The Kier molecular flexibility index (Phi) is 4.32. The van der Waals surface area contributed by atoms with Crippen LogP contribution in [0.3, 0.4) is 0 Å². The number of benzene rings is 1. The highest BCUT2D eigenvalue weighted by molar-refractivity contribution is 6.00. The van der Waals surface area contributed by atoms with Gasteiger partial charge in [-0.2, -0.15) is 0 Å². The fourth-order valence-corrected chi connectivity index (χ4v) is 2.66. The van der Waals surface area contributed by atoms with Gasteiger partial charge in [-0.25, -0.2) is 0 Å². The van der Waals surface area contributed by atoms with Crippen LogP contribution in [-0.4, -0.2) is 60.8 Å². The van der Waals surface area contributed by atoms with E-state index < -0.39 is 5.54 Å². The fourth-order valence-electron chi connectivity index (χ4n) is 2.66. The molecular weight excluding hydrogens is 268 g/mol. The van der Waals surface area contributed by atoms with Crippen molar-refractivity contribution in [2.75, 3.05) is 33.8 Å². The summed E-state index contributed by atoms with van der Waals surface area (Å²) < 4.78 is 5.23. The molecule has 1 saturated heterocycles. The van der Waals surface area contributed by atoms with E-state index in [9.17, 15) is 9.59 Å². The van der Waals surface area contributed by atoms with Crippen LogP contribution in [0.2, 0.25) is 0 Å². The molecule has 0 unspecified atom stereocenters. The van der Waals surface area contributed by atoms with E-state index in [-0.39, 0.29) is 18.2 Å². The van der Waals surface area contributed by atoms with E-state index in [1.54, 1.807) is 31.2 Å². The normalized spacial score (nSPS) is 18.7. The lowest BCUT2D eigenvalue weighted by atomic mass is 9.96. The van der Waals surface area contributed by atoms with Crippen LogP contribution >= 0.6 is 0 Å². The first-order valence-electron chi connectivity index (χ1n) is 7.04. The molecule has 0 spiro atoms. The first-order valence-corrected chi connectivity index (χ1v) is 7.04. The third-order valence-electron chi connectivity index (χ3n) is 4.11. The Morgan fingerprint density at radius 3 is 2.62 bits per heavy atom. The zero-order valence-corrected chi connectivity index (χ0v) is 13.0. The molecule has 0 radical (unpaired) electrons. The number of para-hydroxylation sites is 1. The molecule has 21 heavy (non-hydrogen) atoms. The summed E-state index contributed by atoms with van der Waals surface area (Å²) in [5, 5.41) is 0. The van der Waals surface area contributed by atoms with Crippen LogP contribution in [0.4, 0.5) is 0 Å². The maximum absolute atomic E-state index is 12.5. The molecule has 1 aliphatic heterocycles.